The molecule has 0 N–H and O–H groups in total. The van der Waals surface area contributed by atoms with Crippen LogP contribution in [-0.4, -0.2) is 9.97 Å². The molecule has 9 aromatic rings. The van der Waals surface area contributed by atoms with Crippen molar-refractivity contribution in [3.63, 3.8) is 0 Å². The van der Waals surface area contributed by atoms with Gasteiger partial charge in [0.15, 0.2) is 0 Å². The highest BCUT2D eigenvalue weighted by atomic mass is 15.1. The topological polar surface area (TPSA) is 29.0 Å². The fraction of sp³-hybridized carbons (Fsp3) is 0.0204. The van der Waals surface area contributed by atoms with Crippen molar-refractivity contribution in [2.45, 2.75) is 5.41 Å². The fourth-order valence-electron chi connectivity index (χ4n) is 9.04. The minimum absolute atomic E-state index is 0.390. The number of rotatable bonds is 4. The first-order valence-electron chi connectivity index (χ1n) is 17.8. The summed E-state index contributed by atoms with van der Waals surface area (Å²) >= 11 is 0. The zero-order chi connectivity index (χ0) is 34.2. The molecular formula is C49H31N3. The van der Waals surface area contributed by atoms with Crippen LogP contribution < -0.4 is 4.90 Å². The molecule has 2 aliphatic carbocycles. The Kier molecular flexibility index (Phi) is 6.17. The van der Waals surface area contributed by atoms with E-state index in [0.717, 1.165) is 44.4 Å². The van der Waals surface area contributed by atoms with Gasteiger partial charge >= 0.3 is 0 Å². The van der Waals surface area contributed by atoms with Crippen molar-refractivity contribution < 1.29 is 0 Å². The van der Waals surface area contributed by atoms with Crippen LogP contribution in [0.5, 0.6) is 0 Å². The van der Waals surface area contributed by atoms with Crippen LogP contribution in [0, 0.1) is 0 Å². The summed E-state index contributed by atoms with van der Waals surface area (Å²) in [6.45, 7) is 0. The van der Waals surface area contributed by atoms with Crippen LogP contribution in [-0.2, 0) is 5.41 Å². The fourth-order valence-corrected chi connectivity index (χ4v) is 9.04. The Bertz CT molecular complexity index is 2830. The standard InChI is InChI=1S/C49H31N3/c1-2-13-32(14-3-1)33-15-10-17-35(29-33)52(46-25-11-24-45-47(46)48-34(31-51-45)16-12-28-50-48)36-26-27-44-40(30-36)39-20-6-9-23-43(39)49(44)41-21-7-4-18-37(41)38-19-5-8-22-42(38)49/h1-31H. The molecule has 11 rings (SSSR count). The number of nitrogens with zero attached hydrogens (tertiary/aromatic N) is 3. The van der Waals surface area contributed by atoms with Crippen LogP contribution in [0.3, 0.4) is 0 Å². The first kappa shape index (κ1) is 28.9. The number of fused-ring (bicyclic) bond motifs is 13. The maximum Gasteiger partial charge on any atom is 0.0832 e. The molecule has 0 radical (unpaired) electrons. The average molecular weight is 662 g/mol. The van der Waals surface area contributed by atoms with Crippen molar-refractivity contribution in [1.82, 2.24) is 9.97 Å². The van der Waals surface area contributed by atoms with Gasteiger partial charge < -0.3 is 4.90 Å². The third-order valence-corrected chi connectivity index (χ3v) is 11.1. The summed E-state index contributed by atoms with van der Waals surface area (Å²) in [7, 11) is 0. The number of pyridine rings is 2. The predicted octanol–water partition coefficient (Wildman–Crippen LogP) is 12.3. The lowest BCUT2D eigenvalue weighted by Gasteiger charge is -2.31. The van der Waals surface area contributed by atoms with E-state index in [0.29, 0.717) is 0 Å². The number of hydrogen-bond acceptors (Lipinski definition) is 3. The molecule has 0 saturated carbocycles. The molecule has 3 nitrogen and oxygen atoms in total. The maximum atomic E-state index is 4.92. The molecule has 0 saturated heterocycles. The van der Waals surface area contributed by atoms with Crippen LogP contribution in [0.25, 0.3) is 55.2 Å². The van der Waals surface area contributed by atoms with Gasteiger partial charge in [0.25, 0.3) is 0 Å². The molecule has 0 aliphatic heterocycles. The van der Waals surface area contributed by atoms with E-state index in [4.69, 9.17) is 9.97 Å². The average Bonchev–Trinajstić information content (AvgIpc) is 3.68. The van der Waals surface area contributed by atoms with Gasteiger partial charge in [-0.15, -0.1) is 0 Å². The molecule has 0 unspecified atom stereocenters. The van der Waals surface area contributed by atoms with Gasteiger partial charge in [-0.3, -0.25) is 9.97 Å². The van der Waals surface area contributed by atoms with Gasteiger partial charge in [-0.05, 0) is 104 Å². The first-order valence-corrected chi connectivity index (χ1v) is 17.8. The Labute approximate surface area is 302 Å². The van der Waals surface area contributed by atoms with E-state index in [2.05, 4.69) is 175 Å². The van der Waals surface area contributed by atoms with E-state index in [1.807, 2.05) is 18.5 Å². The molecule has 52 heavy (non-hydrogen) atoms. The Morgan fingerprint density at radius 3 is 1.79 bits per heavy atom. The van der Waals surface area contributed by atoms with Crippen molar-refractivity contribution >= 4 is 38.9 Å². The highest BCUT2D eigenvalue weighted by molar-refractivity contribution is 6.12. The molecule has 2 heterocycles. The molecule has 0 fully saturated rings. The third-order valence-electron chi connectivity index (χ3n) is 11.1. The maximum absolute atomic E-state index is 4.92. The Morgan fingerprint density at radius 2 is 1.04 bits per heavy atom. The molecule has 0 bridgehead atoms. The van der Waals surface area contributed by atoms with Gasteiger partial charge in [0.2, 0.25) is 0 Å². The van der Waals surface area contributed by atoms with Crippen molar-refractivity contribution in [2.24, 2.45) is 0 Å². The van der Waals surface area contributed by atoms with E-state index < -0.39 is 0 Å². The van der Waals surface area contributed by atoms with Gasteiger partial charge in [0.1, 0.15) is 0 Å². The third kappa shape index (κ3) is 3.96. The lowest BCUT2D eigenvalue weighted by Crippen LogP contribution is -2.25. The van der Waals surface area contributed by atoms with E-state index in [9.17, 15) is 0 Å². The number of benzene rings is 7. The largest absolute Gasteiger partial charge is 0.310 e. The lowest BCUT2D eigenvalue weighted by atomic mass is 9.70. The number of aromatic nitrogens is 2. The van der Waals surface area contributed by atoms with E-state index in [1.54, 1.807) is 0 Å². The zero-order valence-corrected chi connectivity index (χ0v) is 28.2. The smallest absolute Gasteiger partial charge is 0.0832 e. The molecule has 2 aliphatic rings. The lowest BCUT2D eigenvalue weighted by molar-refractivity contribution is 0.794. The van der Waals surface area contributed by atoms with E-state index in [-0.39, 0.29) is 5.41 Å². The van der Waals surface area contributed by atoms with Gasteiger partial charge in [-0.1, -0.05) is 127 Å². The molecule has 0 atom stereocenters. The summed E-state index contributed by atoms with van der Waals surface area (Å²) in [6.07, 6.45) is 3.81. The van der Waals surface area contributed by atoms with Crippen molar-refractivity contribution in [2.75, 3.05) is 4.90 Å². The van der Waals surface area contributed by atoms with Crippen molar-refractivity contribution in [3.8, 4) is 33.4 Å². The SMILES string of the molecule is c1ccc(-c2cccc(N(c3ccc4c(c3)-c3ccccc3C43c4ccccc4-c4ccccc43)c3cccc4ncc5cccnc5c34)c2)cc1. The minimum atomic E-state index is -0.390. The second-order valence-electron chi connectivity index (χ2n) is 13.7. The summed E-state index contributed by atoms with van der Waals surface area (Å²) in [5, 5.41) is 2.05. The Morgan fingerprint density at radius 1 is 0.423 bits per heavy atom. The van der Waals surface area contributed by atoms with Gasteiger partial charge in [-0.2, -0.15) is 0 Å². The zero-order valence-electron chi connectivity index (χ0n) is 28.2. The normalized spacial score (nSPS) is 13.2. The van der Waals surface area contributed by atoms with Gasteiger partial charge in [0.05, 0.1) is 27.5 Å². The van der Waals surface area contributed by atoms with Crippen LogP contribution in [0.4, 0.5) is 17.1 Å². The van der Waals surface area contributed by atoms with Gasteiger partial charge in [0, 0.05) is 29.2 Å². The Hall–Kier alpha value is -6.84. The molecule has 242 valence electrons. The summed E-state index contributed by atoms with van der Waals surface area (Å²) < 4.78 is 0. The number of anilines is 3. The highest BCUT2D eigenvalue weighted by Gasteiger charge is 2.51. The molecular weight excluding hydrogens is 631 g/mol. The molecule has 3 heteroatoms. The predicted molar refractivity (Wildman–Crippen MR) is 213 cm³/mol. The highest BCUT2D eigenvalue weighted by Crippen LogP contribution is 2.63. The van der Waals surface area contributed by atoms with Crippen LogP contribution in [0.1, 0.15) is 22.3 Å². The van der Waals surface area contributed by atoms with E-state index >= 15 is 0 Å². The minimum Gasteiger partial charge on any atom is -0.310 e. The first-order chi connectivity index (χ1) is 25.8. The second kappa shape index (κ2) is 11.1. The Balaban J connectivity index is 1.20. The van der Waals surface area contributed by atoms with Crippen LogP contribution >= 0.6 is 0 Å². The molecule has 0 amide bonds. The molecule has 7 aromatic carbocycles. The summed E-state index contributed by atoms with van der Waals surface area (Å²) in [5.74, 6) is 0. The summed E-state index contributed by atoms with van der Waals surface area (Å²) in [6, 6.07) is 64.0. The van der Waals surface area contributed by atoms with Crippen LogP contribution in [0.2, 0.25) is 0 Å². The van der Waals surface area contributed by atoms with Crippen molar-refractivity contribution in [1.29, 1.82) is 0 Å². The summed E-state index contributed by atoms with van der Waals surface area (Å²) in [4.78, 5) is 12.2. The van der Waals surface area contributed by atoms with E-state index in [1.165, 1.54) is 50.1 Å². The quantitative estimate of drug-likeness (QED) is 0.176. The van der Waals surface area contributed by atoms with Crippen LogP contribution in [0.15, 0.2) is 188 Å². The summed E-state index contributed by atoms with van der Waals surface area (Å²) in [5.41, 5.74) is 17.5. The second-order valence-corrected chi connectivity index (χ2v) is 13.7. The van der Waals surface area contributed by atoms with Gasteiger partial charge in [-0.25, -0.2) is 0 Å². The van der Waals surface area contributed by atoms with Crippen molar-refractivity contribution in [3.05, 3.63) is 211 Å². The number of hydrogen-bond donors (Lipinski definition) is 0. The monoisotopic (exact) mass is 661 g/mol. The molecule has 1 spiro atoms. The molecule has 2 aromatic heterocycles.